The van der Waals surface area contributed by atoms with E-state index in [1.165, 1.54) is 0 Å². The number of nitrogen functional groups attached to an aromatic ring is 1. The number of nitrogens with two attached hydrogens (primary N) is 1. The van der Waals surface area contributed by atoms with Crippen molar-refractivity contribution in [2.24, 2.45) is 0 Å². The van der Waals surface area contributed by atoms with Gasteiger partial charge in [0.05, 0.1) is 11.0 Å². The van der Waals surface area contributed by atoms with E-state index in [4.69, 9.17) is 10.8 Å². The van der Waals surface area contributed by atoms with Crippen molar-refractivity contribution in [2.45, 2.75) is 6.54 Å². The lowest BCUT2D eigenvalue weighted by molar-refractivity contribution is -0.137. The maximum absolute atomic E-state index is 12.5. The number of rotatable bonds is 2. The third-order valence-corrected chi connectivity index (χ3v) is 3.29. The number of fused-ring (bicyclic) bond motifs is 2. The van der Waals surface area contributed by atoms with Gasteiger partial charge in [0.2, 0.25) is 0 Å². The van der Waals surface area contributed by atoms with E-state index in [2.05, 4.69) is 0 Å². The molecule has 1 aromatic heterocycles. The number of aromatic nitrogens is 1. The Morgan fingerprint density at radius 3 is 2.55 bits per heavy atom. The Morgan fingerprint density at radius 1 is 1.10 bits per heavy atom. The highest BCUT2D eigenvalue weighted by atomic mass is 16.4. The van der Waals surface area contributed by atoms with Gasteiger partial charge in [0, 0.05) is 16.5 Å². The molecular weight excluding hydrogens is 256 g/mol. The molecule has 1 heterocycles. The quantitative estimate of drug-likeness (QED) is 0.548. The second-order valence-electron chi connectivity index (χ2n) is 4.60. The molecule has 0 bridgehead atoms. The highest BCUT2D eigenvalue weighted by Gasteiger charge is 2.12. The number of carboxylic acid groups (broad SMARTS) is 1. The molecular formula is C15H12N2O3. The summed E-state index contributed by atoms with van der Waals surface area (Å²) >= 11 is 0. The summed E-state index contributed by atoms with van der Waals surface area (Å²) in [5.74, 6) is -0.961. The third kappa shape index (κ3) is 1.80. The molecule has 2 aromatic carbocycles. The number of pyridine rings is 1. The van der Waals surface area contributed by atoms with Gasteiger partial charge in [0.1, 0.15) is 6.54 Å². The molecule has 0 aliphatic rings. The molecule has 3 rings (SSSR count). The van der Waals surface area contributed by atoms with Crippen LogP contribution in [0.2, 0.25) is 0 Å². The average molecular weight is 268 g/mol. The first kappa shape index (κ1) is 12.2. The number of hydrogen-bond acceptors (Lipinski definition) is 3. The highest BCUT2D eigenvalue weighted by molar-refractivity contribution is 5.95. The standard InChI is InChI=1S/C15H12N2O3/c16-9-5-6-13-11(7-9)15(20)10-3-1-2-4-12(10)17(13)8-14(18)19/h1-7H,8,16H2,(H,18,19). The van der Waals surface area contributed by atoms with E-state index in [-0.39, 0.29) is 12.0 Å². The minimum Gasteiger partial charge on any atom is -0.480 e. The summed E-state index contributed by atoms with van der Waals surface area (Å²) in [6.45, 7) is -0.207. The van der Waals surface area contributed by atoms with Crippen LogP contribution in [-0.4, -0.2) is 15.6 Å². The fourth-order valence-electron chi connectivity index (χ4n) is 2.45. The van der Waals surface area contributed by atoms with E-state index >= 15 is 0 Å². The molecule has 0 atom stereocenters. The predicted molar refractivity (Wildman–Crippen MR) is 77.8 cm³/mol. The zero-order valence-corrected chi connectivity index (χ0v) is 10.5. The fraction of sp³-hybridized carbons (Fsp3) is 0.0667. The zero-order chi connectivity index (χ0) is 14.3. The van der Waals surface area contributed by atoms with Gasteiger partial charge in [-0.25, -0.2) is 0 Å². The van der Waals surface area contributed by atoms with Crippen LogP contribution in [0.5, 0.6) is 0 Å². The normalized spacial score (nSPS) is 11.0. The number of benzene rings is 2. The third-order valence-electron chi connectivity index (χ3n) is 3.29. The summed E-state index contributed by atoms with van der Waals surface area (Å²) in [4.78, 5) is 23.5. The molecule has 0 radical (unpaired) electrons. The Labute approximate surface area is 113 Å². The SMILES string of the molecule is Nc1ccc2c(c1)c(=O)c1ccccc1n2CC(=O)O. The maximum atomic E-state index is 12.5. The van der Waals surface area contributed by atoms with Crippen LogP contribution in [0.3, 0.4) is 0 Å². The number of nitrogens with zero attached hydrogens (tertiary/aromatic N) is 1. The molecule has 5 nitrogen and oxygen atoms in total. The number of hydrogen-bond donors (Lipinski definition) is 2. The lowest BCUT2D eigenvalue weighted by Crippen LogP contribution is -2.16. The van der Waals surface area contributed by atoms with Crippen molar-refractivity contribution in [3.63, 3.8) is 0 Å². The van der Waals surface area contributed by atoms with Gasteiger partial charge in [-0.2, -0.15) is 0 Å². The molecule has 0 unspecified atom stereocenters. The van der Waals surface area contributed by atoms with Gasteiger partial charge in [0.25, 0.3) is 0 Å². The lowest BCUT2D eigenvalue weighted by atomic mass is 10.1. The number of aliphatic carboxylic acids is 1. The van der Waals surface area contributed by atoms with Crippen LogP contribution < -0.4 is 11.2 Å². The zero-order valence-electron chi connectivity index (χ0n) is 10.5. The van der Waals surface area contributed by atoms with E-state index in [1.54, 1.807) is 47.0 Å². The monoisotopic (exact) mass is 268 g/mol. The number of anilines is 1. The van der Waals surface area contributed by atoms with Gasteiger partial charge < -0.3 is 15.4 Å². The van der Waals surface area contributed by atoms with Crippen molar-refractivity contribution in [1.29, 1.82) is 0 Å². The lowest BCUT2D eigenvalue weighted by Gasteiger charge is -2.13. The van der Waals surface area contributed by atoms with Gasteiger partial charge in [-0.3, -0.25) is 9.59 Å². The van der Waals surface area contributed by atoms with Crippen LogP contribution in [0.1, 0.15) is 0 Å². The molecule has 0 fully saturated rings. The molecule has 3 N–H and O–H groups in total. The van der Waals surface area contributed by atoms with Crippen molar-refractivity contribution in [3.05, 3.63) is 52.7 Å². The molecule has 0 amide bonds. The van der Waals surface area contributed by atoms with Crippen LogP contribution in [0.15, 0.2) is 47.3 Å². The number of carbonyl (C=O) groups is 1. The van der Waals surface area contributed by atoms with Gasteiger partial charge in [-0.1, -0.05) is 12.1 Å². The van der Waals surface area contributed by atoms with Crippen molar-refractivity contribution < 1.29 is 9.90 Å². The first-order valence-corrected chi connectivity index (χ1v) is 6.10. The van der Waals surface area contributed by atoms with Crippen LogP contribution in [-0.2, 0) is 11.3 Å². The van der Waals surface area contributed by atoms with Gasteiger partial charge in [-0.15, -0.1) is 0 Å². The van der Waals surface area contributed by atoms with E-state index in [0.29, 0.717) is 27.5 Å². The Hall–Kier alpha value is -2.82. The van der Waals surface area contributed by atoms with E-state index < -0.39 is 5.97 Å². The Morgan fingerprint density at radius 2 is 1.80 bits per heavy atom. The van der Waals surface area contributed by atoms with Crippen LogP contribution >= 0.6 is 0 Å². The van der Waals surface area contributed by atoms with Crippen molar-refractivity contribution >= 4 is 33.5 Å². The van der Waals surface area contributed by atoms with Crippen LogP contribution in [0, 0.1) is 0 Å². The Bertz CT molecular complexity index is 897. The van der Waals surface area contributed by atoms with Crippen molar-refractivity contribution in [2.75, 3.05) is 5.73 Å². The topological polar surface area (TPSA) is 85.3 Å². The van der Waals surface area contributed by atoms with Crippen molar-refractivity contribution in [3.8, 4) is 0 Å². The second kappa shape index (κ2) is 4.38. The first-order chi connectivity index (χ1) is 9.58. The van der Waals surface area contributed by atoms with E-state index in [1.807, 2.05) is 0 Å². The molecule has 3 aromatic rings. The molecule has 20 heavy (non-hydrogen) atoms. The predicted octanol–water partition coefficient (Wildman–Crippen LogP) is 1.82. The van der Waals surface area contributed by atoms with E-state index in [0.717, 1.165) is 0 Å². The van der Waals surface area contributed by atoms with Gasteiger partial charge in [0.15, 0.2) is 5.43 Å². The summed E-state index contributed by atoms with van der Waals surface area (Å²) < 4.78 is 1.62. The van der Waals surface area contributed by atoms with Crippen LogP contribution in [0.25, 0.3) is 21.8 Å². The summed E-state index contributed by atoms with van der Waals surface area (Å²) in [5, 5.41) is 10.0. The fourth-order valence-corrected chi connectivity index (χ4v) is 2.45. The van der Waals surface area contributed by atoms with Gasteiger partial charge in [-0.05, 0) is 30.3 Å². The molecule has 0 aliphatic carbocycles. The minimum absolute atomic E-state index is 0.135. The number of carboxylic acids is 1. The summed E-state index contributed by atoms with van der Waals surface area (Å²) in [6, 6.07) is 11.9. The maximum Gasteiger partial charge on any atom is 0.323 e. The summed E-state index contributed by atoms with van der Waals surface area (Å²) in [6.07, 6.45) is 0. The minimum atomic E-state index is -0.961. The molecule has 5 heteroatoms. The second-order valence-corrected chi connectivity index (χ2v) is 4.60. The average Bonchev–Trinajstić information content (AvgIpc) is 2.43. The largest absolute Gasteiger partial charge is 0.480 e. The Kier molecular flexibility index (Phi) is 2.68. The number of para-hydroxylation sites is 1. The molecule has 100 valence electrons. The molecule has 0 aliphatic heterocycles. The summed E-state index contributed by atoms with van der Waals surface area (Å²) in [7, 11) is 0. The molecule has 0 saturated heterocycles. The molecule has 0 saturated carbocycles. The Balaban J connectivity index is 2.56. The van der Waals surface area contributed by atoms with Crippen LogP contribution in [0.4, 0.5) is 5.69 Å². The summed E-state index contributed by atoms with van der Waals surface area (Å²) in [5.41, 5.74) is 7.25. The first-order valence-electron chi connectivity index (χ1n) is 6.10. The van der Waals surface area contributed by atoms with E-state index in [9.17, 15) is 9.59 Å². The highest BCUT2D eigenvalue weighted by Crippen LogP contribution is 2.21. The molecule has 0 spiro atoms. The van der Waals surface area contributed by atoms with Gasteiger partial charge >= 0.3 is 5.97 Å². The van der Waals surface area contributed by atoms with Crippen molar-refractivity contribution in [1.82, 2.24) is 4.57 Å². The smallest absolute Gasteiger partial charge is 0.323 e.